The Kier molecular flexibility index (Phi) is 78.6. The molecule has 40 valence electrons. The van der Waals surface area contributed by atoms with Gasteiger partial charge in [-0.15, -0.1) is 0 Å². The molecular formula is C6H14Be. The van der Waals surface area contributed by atoms with Crippen LogP contribution in [0.4, 0.5) is 0 Å². The molecule has 0 radical (unpaired) electrons. The maximum absolute atomic E-state index is 3.49. The molecule has 0 aromatic carbocycles. The van der Waals surface area contributed by atoms with Crippen molar-refractivity contribution in [1.82, 2.24) is 0 Å². The molecule has 0 saturated carbocycles. The minimum absolute atomic E-state index is 0. The van der Waals surface area contributed by atoms with E-state index in [4.69, 9.17) is 0 Å². The Morgan fingerprint density at radius 3 is 1.00 bits per heavy atom. The first kappa shape index (κ1) is 15.7. The number of hydrogen-bond donors (Lipinski definition) is 0. The molecule has 0 N–H and O–H groups in total. The van der Waals surface area contributed by atoms with E-state index >= 15 is 0 Å². The molecule has 0 amide bonds. The summed E-state index contributed by atoms with van der Waals surface area (Å²) in [5.41, 5.74) is 0. The maximum Gasteiger partial charge on any atom is 2.00 e. The van der Waals surface area contributed by atoms with Gasteiger partial charge >= 0.3 is 10.1 Å². The molecule has 0 aliphatic rings. The van der Waals surface area contributed by atoms with Gasteiger partial charge in [-0.2, -0.15) is 12.8 Å². The Bertz CT molecular complexity index is 6.14. The Morgan fingerprint density at radius 2 is 1.00 bits per heavy atom. The van der Waals surface area contributed by atoms with Crippen LogP contribution in [0.25, 0.3) is 0 Å². The van der Waals surface area contributed by atoms with Crippen molar-refractivity contribution >= 4 is 10.1 Å². The molecule has 0 bridgehead atoms. The van der Waals surface area contributed by atoms with E-state index in [0.717, 1.165) is 12.8 Å². The van der Waals surface area contributed by atoms with Crippen molar-refractivity contribution in [2.24, 2.45) is 0 Å². The summed E-state index contributed by atoms with van der Waals surface area (Å²) in [6.45, 7) is 11.0. The van der Waals surface area contributed by atoms with Gasteiger partial charge in [0.1, 0.15) is 0 Å². The van der Waals surface area contributed by atoms with Crippen LogP contribution in [0.1, 0.15) is 26.7 Å². The molecule has 0 heterocycles. The van der Waals surface area contributed by atoms with E-state index in [0.29, 0.717) is 0 Å². The second-order valence-corrected chi connectivity index (χ2v) is 1.000. The molecular weight excluding hydrogens is 81.1 g/mol. The van der Waals surface area contributed by atoms with E-state index in [9.17, 15) is 0 Å². The van der Waals surface area contributed by atoms with Gasteiger partial charge < -0.3 is 13.8 Å². The second-order valence-electron chi connectivity index (χ2n) is 1.000. The van der Waals surface area contributed by atoms with Gasteiger partial charge in [-0.1, -0.05) is 13.8 Å². The van der Waals surface area contributed by atoms with E-state index in [1.54, 1.807) is 0 Å². The molecule has 0 aliphatic carbocycles. The monoisotopic (exact) mass is 95.1 g/mol. The molecule has 0 aliphatic heterocycles. The molecule has 0 saturated heterocycles. The Morgan fingerprint density at radius 1 is 1.00 bits per heavy atom. The molecule has 0 atom stereocenters. The predicted octanol–water partition coefficient (Wildman–Crippen LogP) is 2.08. The third kappa shape index (κ3) is 3760. The van der Waals surface area contributed by atoms with Gasteiger partial charge in [0.2, 0.25) is 0 Å². The fourth-order valence-electron chi connectivity index (χ4n) is 0. The molecule has 1 heteroatoms. The Hall–Kier alpha value is 0.169. The zero-order valence-corrected chi connectivity index (χ0v) is 5.54. The topological polar surface area (TPSA) is 0 Å². The van der Waals surface area contributed by atoms with E-state index in [2.05, 4.69) is 13.8 Å². The van der Waals surface area contributed by atoms with E-state index < -0.39 is 0 Å². The molecule has 0 fully saturated rings. The van der Waals surface area contributed by atoms with E-state index in [1.165, 1.54) is 0 Å². The molecule has 7 heavy (non-hydrogen) atoms. The average molecular weight is 95.2 g/mol. The van der Waals surface area contributed by atoms with E-state index in [1.807, 2.05) is 13.8 Å². The first-order valence-corrected chi connectivity index (χ1v) is 2.41. The summed E-state index contributed by atoms with van der Waals surface area (Å²) in [5, 5.41) is 0. The van der Waals surface area contributed by atoms with Crippen LogP contribution < -0.4 is 0 Å². The van der Waals surface area contributed by atoms with Crippen molar-refractivity contribution < 1.29 is 0 Å². The van der Waals surface area contributed by atoms with E-state index in [-0.39, 0.29) is 10.1 Å². The average Bonchev–Trinajstić information content (AvgIpc) is 1.39. The summed E-state index contributed by atoms with van der Waals surface area (Å²) in [4.78, 5) is 0. The summed E-state index contributed by atoms with van der Waals surface area (Å²) in [7, 11) is 0. The summed E-state index contributed by atoms with van der Waals surface area (Å²) >= 11 is 0. The quantitative estimate of drug-likeness (QED) is 0.319. The predicted molar refractivity (Wildman–Crippen MR) is 37.0 cm³/mol. The van der Waals surface area contributed by atoms with Gasteiger partial charge in [0.15, 0.2) is 0 Å². The van der Waals surface area contributed by atoms with Crippen LogP contribution in [0.15, 0.2) is 0 Å². The van der Waals surface area contributed by atoms with Crippen LogP contribution in [0.2, 0.25) is 0 Å². The minimum atomic E-state index is 0. The molecule has 0 rings (SSSR count). The van der Waals surface area contributed by atoms with Crippen molar-refractivity contribution in [2.75, 3.05) is 0 Å². The van der Waals surface area contributed by atoms with Crippen LogP contribution >= 0.6 is 0 Å². The molecule has 0 unspecified atom stereocenters. The van der Waals surface area contributed by atoms with Crippen LogP contribution in [0.5, 0.6) is 0 Å². The van der Waals surface area contributed by atoms with Gasteiger partial charge in [-0.3, -0.25) is 0 Å². The minimum Gasteiger partial charge on any atom is -0.344 e. The van der Waals surface area contributed by atoms with Gasteiger partial charge in [-0.05, 0) is 0 Å². The fraction of sp³-hybridized carbons (Fsp3) is 0.667. The summed E-state index contributed by atoms with van der Waals surface area (Å²) in [6, 6.07) is 0. The second kappa shape index (κ2) is 35.0. The van der Waals surface area contributed by atoms with Gasteiger partial charge in [0.05, 0.1) is 0 Å². The summed E-state index contributed by atoms with van der Waals surface area (Å²) in [5.74, 6) is 0. The number of rotatable bonds is 0. The fourth-order valence-corrected chi connectivity index (χ4v) is 0. The normalized spacial score (nSPS) is 5.14. The SMILES string of the molecule is [Be+2].[CH2-]CC.[CH2-]CC. The van der Waals surface area contributed by atoms with Crippen LogP contribution in [-0.4, -0.2) is 10.1 Å². The van der Waals surface area contributed by atoms with Crippen LogP contribution in [0, 0.1) is 13.8 Å². The third-order valence-corrected chi connectivity index (χ3v) is 0. The van der Waals surface area contributed by atoms with Crippen molar-refractivity contribution in [2.45, 2.75) is 26.7 Å². The van der Waals surface area contributed by atoms with Crippen LogP contribution in [0.3, 0.4) is 0 Å². The summed E-state index contributed by atoms with van der Waals surface area (Å²) < 4.78 is 0. The van der Waals surface area contributed by atoms with Crippen molar-refractivity contribution in [3.05, 3.63) is 13.8 Å². The van der Waals surface area contributed by atoms with Crippen molar-refractivity contribution in [1.29, 1.82) is 0 Å². The maximum atomic E-state index is 3.49. The molecule has 0 aromatic rings. The largest absolute Gasteiger partial charge is 2.00 e. The Balaban J connectivity index is -0.0000000400. The molecule has 0 aromatic heterocycles. The van der Waals surface area contributed by atoms with Gasteiger partial charge in [0, 0.05) is 0 Å². The van der Waals surface area contributed by atoms with Crippen molar-refractivity contribution in [3.8, 4) is 0 Å². The van der Waals surface area contributed by atoms with Crippen molar-refractivity contribution in [3.63, 3.8) is 0 Å². The number of hydrogen-bond acceptors (Lipinski definition) is 0. The third-order valence-electron chi connectivity index (χ3n) is 0. The standard InChI is InChI=1S/2C3H7.Be/c2*1-3-2;/h2*1,3H2,2H3;/q2*-1;+2. The summed E-state index contributed by atoms with van der Waals surface area (Å²) in [6.07, 6.45) is 2.00. The molecule has 0 spiro atoms. The Labute approximate surface area is 51.5 Å². The molecule has 0 nitrogen and oxygen atoms in total. The zero-order chi connectivity index (χ0) is 5.41. The van der Waals surface area contributed by atoms with Gasteiger partial charge in [-0.25, -0.2) is 0 Å². The van der Waals surface area contributed by atoms with Crippen LogP contribution in [-0.2, 0) is 0 Å². The zero-order valence-electron chi connectivity index (χ0n) is 5.54. The smallest absolute Gasteiger partial charge is 0.344 e. The van der Waals surface area contributed by atoms with Gasteiger partial charge in [0.25, 0.3) is 0 Å². The first-order chi connectivity index (χ1) is 2.83. The first-order valence-electron chi connectivity index (χ1n) is 2.41.